The molecular weight excluding hydrogens is 202 g/mol. The van der Waals surface area contributed by atoms with Gasteiger partial charge in [-0.3, -0.25) is 0 Å². The standard InChI is InChI=1S/C12H21N3O/c1-9-12(10-4-3-7-14-8-10)15-11(16-9)5-2-6-13/h10,14H,2-8,13H2,1H3. The predicted octanol–water partition coefficient (Wildman–Crippen LogP) is 1.34. The van der Waals surface area contributed by atoms with Crippen molar-refractivity contribution >= 4 is 0 Å². The molecule has 1 aliphatic heterocycles. The highest BCUT2D eigenvalue weighted by atomic mass is 16.4. The van der Waals surface area contributed by atoms with Crippen molar-refractivity contribution in [3.8, 4) is 0 Å². The fraction of sp³-hybridized carbons (Fsp3) is 0.750. The minimum atomic E-state index is 0.532. The maximum atomic E-state index is 5.68. The van der Waals surface area contributed by atoms with Crippen molar-refractivity contribution in [2.45, 2.75) is 38.5 Å². The molecule has 0 saturated carbocycles. The van der Waals surface area contributed by atoms with Gasteiger partial charge in [0.15, 0.2) is 5.89 Å². The summed E-state index contributed by atoms with van der Waals surface area (Å²) in [5.41, 5.74) is 6.64. The van der Waals surface area contributed by atoms with E-state index in [1.807, 2.05) is 6.92 Å². The molecule has 1 aromatic heterocycles. The van der Waals surface area contributed by atoms with Crippen LogP contribution in [0.4, 0.5) is 0 Å². The van der Waals surface area contributed by atoms with Crippen molar-refractivity contribution in [2.24, 2.45) is 5.73 Å². The zero-order valence-corrected chi connectivity index (χ0v) is 9.96. The summed E-state index contributed by atoms with van der Waals surface area (Å²) < 4.78 is 5.68. The van der Waals surface area contributed by atoms with Gasteiger partial charge >= 0.3 is 0 Å². The number of nitrogens with zero attached hydrogens (tertiary/aromatic N) is 1. The highest BCUT2D eigenvalue weighted by molar-refractivity contribution is 5.15. The first-order chi connectivity index (χ1) is 7.81. The van der Waals surface area contributed by atoms with Crippen LogP contribution in [0.5, 0.6) is 0 Å². The predicted molar refractivity (Wildman–Crippen MR) is 63.5 cm³/mol. The Balaban J connectivity index is 2.04. The third-order valence-corrected chi connectivity index (χ3v) is 3.16. The average molecular weight is 223 g/mol. The van der Waals surface area contributed by atoms with Gasteiger partial charge in [-0.2, -0.15) is 0 Å². The van der Waals surface area contributed by atoms with E-state index in [1.165, 1.54) is 12.8 Å². The van der Waals surface area contributed by atoms with Crippen molar-refractivity contribution < 1.29 is 4.42 Å². The summed E-state index contributed by atoms with van der Waals surface area (Å²) in [6, 6.07) is 0. The highest BCUT2D eigenvalue weighted by Crippen LogP contribution is 2.26. The Kier molecular flexibility index (Phi) is 3.96. The number of piperidine rings is 1. The first kappa shape index (κ1) is 11.6. The lowest BCUT2D eigenvalue weighted by atomic mass is 9.95. The summed E-state index contributed by atoms with van der Waals surface area (Å²) in [4.78, 5) is 4.61. The molecule has 0 aromatic carbocycles. The Labute approximate surface area is 96.6 Å². The molecule has 4 nitrogen and oxygen atoms in total. The number of hydrogen-bond acceptors (Lipinski definition) is 4. The molecule has 0 bridgehead atoms. The van der Waals surface area contributed by atoms with Crippen LogP contribution in [0, 0.1) is 6.92 Å². The van der Waals surface area contributed by atoms with E-state index in [0.29, 0.717) is 12.5 Å². The van der Waals surface area contributed by atoms with E-state index in [2.05, 4.69) is 10.3 Å². The molecule has 1 atom stereocenters. The topological polar surface area (TPSA) is 64.1 Å². The van der Waals surface area contributed by atoms with Gasteiger partial charge in [0.2, 0.25) is 0 Å². The van der Waals surface area contributed by atoms with Crippen LogP contribution in [0.1, 0.15) is 42.5 Å². The summed E-state index contributed by atoms with van der Waals surface area (Å²) in [7, 11) is 0. The normalized spacial score (nSPS) is 21.2. The van der Waals surface area contributed by atoms with E-state index in [4.69, 9.17) is 10.2 Å². The molecule has 0 aliphatic carbocycles. The van der Waals surface area contributed by atoms with E-state index < -0.39 is 0 Å². The molecule has 1 unspecified atom stereocenters. The van der Waals surface area contributed by atoms with Gasteiger partial charge in [-0.15, -0.1) is 0 Å². The number of hydrogen-bond donors (Lipinski definition) is 2. The number of rotatable bonds is 4. The smallest absolute Gasteiger partial charge is 0.194 e. The zero-order chi connectivity index (χ0) is 11.4. The molecule has 1 fully saturated rings. The van der Waals surface area contributed by atoms with Gasteiger partial charge < -0.3 is 15.5 Å². The first-order valence-corrected chi connectivity index (χ1v) is 6.18. The van der Waals surface area contributed by atoms with Crippen molar-refractivity contribution in [3.05, 3.63) is 17.3 Å². The lowest BCUT2D eigenvalue weighted by Gasteiger charge is -2.21. The fourth-order valence-corrected chi connectivity index (χ4v) is 2.29. The molecule has 16 heavy (non-hydrogen) atoms. The molecule has 4 heteroatoms. The Morgan fingerprint density at radius 3 is 3.12 bits per heavy atom. The van der Waals surface area contributed by atoms with Gasteiger partial charge in [-0.1, -0.05) is 0 Å². The molecule has 90 valence electrons. The van der Waals surface area contributed by atoms with E-state index in [1.54, 1.807) is 0 Å². The summed E-state index contributed by atoms with van der Waals surface area (Å²) in [6.45, 7) is 4.88. The summed E-state index contributed by atoms with van der Waals surface area (Å²) >= 11 is 0. The molecule has 2 rings (SSSR count). The molecule has 1 aromatic rings. The second kappa shape index (κ2) is 5.46. The number of oxazole rings is 1. The largest absolute Gasteiger partial charge is 0.446 e. The third kappa shape index (κ3) is 2.62. The number of aromatic nitrogens is 1. The van der Waals surface area contributed by atoms with Gasteiger partial charge in [0, 0.05) is 18.9 Å². The zero-order valence-electron chi connectivity index (χ0n) is 9.96. The van der Waals surface area contributed by atoms with Crippen molar-refractivity contribution in [3.63, 3.8) is 0 Å². The molecular formula is C12H21N3O. The van der Waals surface area contributed by atoms with Crippen LogP contribution in [0.15, 0.2) is 4.42 Å². The van der Waals surface area contributed by atoms with Crippen molar-refractivity contribution in [1.29, 1.82) is 0 Å². The van der Waals surface area contributed by atoms with Crippen LogP contribution in [-0.2, 0) is 6.42 Å². The Morgan fingerprint density at radius 2 is 2.44 bits per heavy atom. The molecule has 1 aliphatic rings. The number of nitrogens with one attached hydrogen (secondary N) is 1. The minimum absolute atomic E-state index is 0.532. The third-order valence-electron chi connectivity index (χ3n) is 3.16. The van der Waals surface area contributed by atoms with Crippen LogP contribution in [0.25, 0.3) is 0 Å². The second-order valence-electron chi connectivity index (χ2n) is 4.48. The lowest BCUT2D eigenvalue weighted by molar-refractivity contribution is 0.443. The first-order valence-electron chi connectivity index (χ1n) is 6.18. The molecule has 0 amide bonds. The van der Waals surface area contributed by atoms with Gasteiger partial charge in [0.25, 0.3) is 0 Å². The maximum Gasteiger partial charge on any atom is 0.194 e. The highest BCUT2D eigenvalue weighted by Gasteiger charge is 2.21. The van der Waals surface area contributed by atoms with Crippen molar-refractivity contribution in [2.75, 3.05) is 19.6 Å². The quantitative estimate of drug-likeness (QED) is 0.808. The van der Waals surface area contributed by atoms with Crippen LogP contribution in [0.2, 0.25) is 0 Å². The molecule has 3 N–H and O–H groups in total. The van der Waals surface area contributed by atoms with Crippen LogP contribution < -0.4 is 11.1 Å². The van der Waals surface area contributed by atoms with E-state index in [9.17, 15) is 0 Å². The van der Waals surface area contributed by atoms with Crippen LogP contribution in [0.3, 0.4) is 0 Å². The molecule has 0 spiro atoms. The average Bonchev–Trinajstić information content (AvgIpc) is 2.69. The molecule has 0 radical (unpaired) electrons. The van der Waals surface area contributed by atoms with Gasteiger partial charge in [-0.25, -0.2) is 4.98 Å². The number of aryl methyl sites for hydroxylation is 2. The minimum Gasteiger partial charge on any atom is -0.446 e. The molecule has 2 heterocycles. The Hall–Kier alpha value is -0.870. The molecule has 1 saturated heterocycles. The van der Waals surface area contributed by atoms with E-state index >= 15 is 0 Å². The SMILES string of the molecule is Cc1oc(CCCN)nc1C1CCCNC1. The maximum absolute atomic E-state index is 5.68. The lowest BCUT2D eigenvalue weighted by Crippen LogP contribution is -2.28. The Bertz CT molecular complexity index is 329. The van der Waals surface area contributed by atoms with Crippen LogP contribution in [-0.4, -0.2) is 24.6 Å². The second-order valence-corrected chi connectivity index (χ2v) is 4.48. The monoisotopic (exact) mass is 223 g/mol. The fourth-order valence-electron chi connectivity index (χ4n) is 2.29. The number of nitrogens with two attached hydrogens (primary N) is 1. The van der Waals surface area contributed by atoms with Gasteiger partial charge in [0.1, 0.15) is 5.76 Å². The van der Waals surface area contributed by atoms with Gasteiger partial charge in [0.05, 0.1) is 5.69 Å². The summed E-state index contributed by atoms with van der Waals surface area (Å²) in [5, 5.41) is 3.41. The van der Waals surface area contributed by atoms with Gasteiger partial charge in [-0.05, 0) is 39.3 Å². The summed E-state index contributed by atoms with van der Waals surface area (Å²) in [6.07, 6.45) is 4.26. The van der Waals surface area contributed by atoms with Crippen LogP contribution >= 0.6 is 0 Å². The van der Waals surface area contributed by atoms with E-state index in [0.717, 1.165) is 43.3 Å². The van der Waals surface area contributed by atoms with Crippen molar-refractivity contribution in [1.82, 2.24) is 10.3 Å². The summed E-state index contributed by atoms with van der Waals surface area (Å²) in [5.74, 6) is 2.37. The Morgan fingerprint density at radius 1 is 1.56 bits per heavy atom. The van der Waals surface area contributed by atoms with E-state index in [-0.39, 0.29) is 0 Å².